The molecule has 0 saturated carbocycles. The van der Waals surface area contributed by atoms with Crippen LogP contribution in [-0.4, -0.2) is 43.0 Å². The quantitative estimate of drug-likeness (QED) is 0.536. The smallest absolute Gasteiger partial charge is 0.241 e. The van der Waals surface area contributed by atoms with Crippen molar-refractivity contribution in [3.05, 3.63) is 39.8 Å². The van der Waals surface area contributed by atoms with E-state index in [0.29, 0.717) is 28.4 Å². The average molecular weight is 427 g/mol. The molecule has 2 amide bonds. The maximum atomic E-state index is 13.2. The van der Waals surface area contributed by atoms with E-state index in [1.54, 1.807) is 18.2 Å². The third-order valence-electron chi connectivity index (χ3n) is 5.23. The molecule has 0 unspecified atom stereocenters. The Morgan fingerprint density at radius 3 is 2.68 bits per heavy atom. The maximum Gasteiger partial charge on any atom is 0.241 e. The molecule has 8 heteroatoms. The number of anilines is 1. The van der Waals surface area contributed by atoms with E-state index in [1.807, 2.05) is 12.2 Å². The van der Waals surface area contributed by atoms with Gasteiger partial charge in [-0.05, 0) is 40.2 Å². The summed E-state index contributed by atoms with van der Waals surface area (Å²) in [7, 11) is 0. The molecule has 130 valence electrons. The number of carbonyl (C=O) groups excluding carboxylic acids is 2. The second-order valence-electron chi connectivity index (χ2n) is 6.48. The Hall–Kier alpha value is -1.25. The average Bonchev–Trinajstić information content (AvgIpc) is 3.34. The topological polar surface area (TPSA) is 65.1 Å². The van der Waals surface area contributed by atoms with Crippen LogP contribution in [0.4, 0.5) is 5.69 Å². The van der Waals surface area contributed by atoms with Gasteiger partial charge in [-0.25, -0.2) is 4.90 Å². The number of fused-ring (bicyclic) bond motifs is 5. The van der Waals surface area contributed by atoms with Gasteiger partial charge >= 0.3 is 0 Å². The number of benzene rings is 1. The first-order valence-electron chi connectivity index (χ1n) is 7.96. The lowest BCUT2D eigenvalue weighted by Gasteiger charge is -2.32. The predicted octanol–water partition coefficient (Wildman–Crippen LogP) is 2.29. The second kappa shape index (κ2) is 5.37. The molecule has 4 heterocycles. The van der Waals surface area contributed by atoms with Crippen LogP contribution in [0.3, 0.4) is 0 Å². The molecule has 0 aliphatic carbocycles. The van der Waals surface area contributed by atoms with Crippen molar-refractivity contribution in [3.63, 3.8) is 0 Å². The van der Waals surface area contributed by atoms with E-state index < -0.39 is 29.8 Å². The van der Waals surface area contributed by atoms with Crippen molar-refractivity contribution >= 4 is 45.0 Å². The van der Waals surface area contributed by atoms with E-state index >= 15 is 0 Å². The lowest BCUT2D eigenvalue weighted by atomic mass is 9.76. The molecule has 4 atom stereocenters. The van der Waals surface area contributed by atoms with E-state index in [1.165, 1.54) is 4.90 Å². The lowest BCUT2D eigenvalue weighted by molar-refractivity contribution is -0.180. The largest absolute Gasteiger partial charge is 0.357 e. The molecule has 3 saturated heterocycles. The standard InChI is InChI=1S/C17H13BrClNO5/c18-9-2-1-8(7-10(9)19)20-14(21)12-11-3-4-17(25-11,13(12)15(20)22)16-23-5-6-24-16/h1-4,7,11-13,16H,5-6H2/t11-,12-,13-,17-/m1/s1. The Morgan fingerprint density at radius 1 is 1.20 bits per heavy atom. The molecule has 25 heavy (non-hydrogen) atoms. The van der Waals surface area contributed by atoms with Gasteiger partial charge in [0.05, 0.1) is 41.9 Å². The van der Waals surface area contributed by atoms with Gasteiger partial charge in [0.15, 0.2) is 11.9 Å². The van der Waals surface area contributed by atoms with E-state index in [-0.39, 0.29) is 11.8 Å². The van der Waals surface area contributed by atoms with Crippen molar-refractivity contribution in [2.45, 2.75) is 18.0 Å². The fourth-order valence-corrected chi connectivity index (χ4v) is 4.63. The Labute approximate surface area is 156 Å². The third kappa shape index (κ3) is 2.01. The highest BCUT2D eigenvalue weighted by atomic mass is 79.9. The van der Waals surface area contributed by atoms with Crippen LogP contribution in [0.25, 0.3) is 0 Å². The molecule has 0 aromatic heterocycles. The zero-order valence-corrected chi connectivity index (χ0v) is 15.2. The number of imide groups is 1. The highest BCUT2D eigenvalue weighted by Crippen LogP contribution is 2.55. The highest BCUT2D eigenvalue weighted by Gasteiger charge is 2.71. The summed E-state index contributed by atoms with van der Waals surface area (Å²) in [6, 6.07) is 5.01. The van der Waals surface area contributed by atoms with Gasteiger partial charge in [-0.1, -0.05) is 17.7 Å². The van der Waals surface area contributed by atoms with Crippen LogP contribution in [0.1, 0.15) is 0 Å². The van der Waals surface area contributed by atoms with E-state index in [9.17, 15) is 9.59 Å². The Morgan fingerprint density at radius 2 is 1.96 bits per heavy atom. The van der Waals surface area contributed by atoms with Gasteiger partial charge in [-0.3, -0.25) is 9.59 Å². The van der Waals surface area contributed by atoms with Crippen LogP contribution in [0.2, 0.25) is 5.02 Å². The zero-order chi connectivity index (χ0) is 17.3. The molecule has 2 bridgehead atoms. The number of hydrogen-bond acceptors (Lipinski definition) is 5. The van der Waals surface area contributed by atoms with Crippen LogP contribution in [0.15, 0.2) is 34.8 Å². The Balaban J connectivity index is 1.56. The van der Waals surface area contributed by atoms with E-state index in [2.05, 4.69) is 15.9 Å². The summed E-state index contributed by atoms with van der Waals surface area (Å²) in [5.41, 5.74) is -0.577. The zero-order valence-electron chi connectivity index (χ0n) is 12.9. The minimum absolute atomic E-state index is 0.275. The minimum atomic E-state index is -1.04. The summed E-state index contributed by atoms with van der Waals surface area (Å²) < 4.78 is 18.0. The number of carbonyl (C=O) groups is 2. The molecule has 1 aromatic carbocycles. The van der Waals surface area contributed by atoms with Crippen LogP contribution in [0.5, 0.6) is 0 Å². The Bertz CT molecular complexity index is 823. The summed E-state index contributed by atoms with van der Waals surface area (Å²) in [6.07, 6.45) is 2.53. The fraction of sp³-hybridized carbons (Fsp3) is 0.412. The summed E-state index contributed by atoms with van der Waals surface area (Å²) in [5.74, 6) is -1.80. The molecular weight excluding hydrogens is 414 g/mol. The van der Waals surface area contributed by atoms with Crippen molar-refractivity contribution in [3.8, 4) is 0 Å². The highest BCUT2D eigenvalue weighted by molar-refractivity contribution is 9.10. The van der Waals surface area contributed by atoms with E-state index in [0.717, 1.165) is 0 Å². The molecule has 3 fully saturated rings. The molecule has 1 aromatic rings. The summed E-state index contributed by atoms with van der Waals surface area (Å²) in [4.78, 5) is 27.4. The molecule has 0 radical (unpaired) electrons. The van der Waals surface area contributed by atoms with Gasteiger partial charge in [0, 0.05) is 4.47 Å². The third-order valence-corrected chi connectivity index (χ3v) is 6.46. The maximum absolute atomic E-state index is 13.2. The summed E-state index contributed by atoms with van der Waals surface area (Å²) in [5, 5.41) is 0.435. The summed E-state index contributed by atoms with van der Waals surface area (Å²) in [6.45, 7) is 0.889. The van der Waals surface area contributed by atoms with Gasteiger partial charge in [0.25, 0.3) is 0 Å². The normalized spacial score (nSPS) is 36.7. The monoisotopic (exact) mass is 425 g/mol. The van der Waals surface area contributed by atoms with Gasteiger partial charge in [0.1, 0.15) is 0 Å². The van der Waals surface area contributed by atoms with Crippen molar-refractivity contribution in [2.24, 2.45) is 11.8 Å². The van der Waals surface area contributed by atoms with E-state index in [4.69, 9.17) is 25.8 Å². The van der Waals surface area contributed by atoms with Gasteiger partial charge in [-0.15, -0.1) is 0 Å². The molecule has 4 aliphatic rings. The number of hydrogen-bond donors (Lipinski definition) is 0. The lowest BCUT2D eigenvalue weighted by Crippen LogP contribution is -2.49. The Kier molecular flexibility index (Phi) is 3.43. The van der Waals surface area contributed by atoms with Crippen molar-refractivity contribution in [1.82, 2.24) is 0 Å². The molecule has 5 rings (SSSR count). The molecule has 0 N–H and O–H groups in total. The van der Waals surface area contributed by atoms with Gasteiger partial charge in [0.2, 0.25) is 11.8 Å². The predicted molar refractivity (Wildman–Crippen MR) is 91.1 cm³/mol. The van der Waals surface area contributed by atoms with Crippen LogP contribution >= 0.6 is 27.5 Å². The molecule has 4 aliphatic heterocycles. The van der Waals surface area contributed by atoms with Crippen molar-refractivity contribution in [1.29, 1.82) is 0 Å². The number of rotatable bonds is 2. The number of nitrogens with zero attached hydrogens (tertiary/aromatic N) is 1. The van der Waals surface area contributed by atoms with Crippen molar-refractivity contribution in [2.75, 3.05) is 18.1 Å². The molecule has 0 spiro atoms. The fourth-order valence-electron chi connectivity index (χ4n) is 4.20. The van der Waals surface area contributed by atoms with Gasteiger partial charge < -0.3 is 14.2 Å². The van der Waals surface area contributed by atoms with Gasteiger partial charge in [-0.2, -0.15) is 0 Å². The first-order valence-corrected chi connectivity index (χ1v) is 9.13. The second-order valence-corrected chi connectivity index (χ2v) is 7.74. The SMILES string of the molecule is O=C1[C@@H]2[C@H]3C=C[C@@](C4OCCO4)(O3)[C@H]2C(=O)N1c1ccc(Br)c(Cl)c1. The first-order chi connectivity index (χ1) is 12.0. The molecular formula is C17H13BrClNO5. The first kappa shape index (κ1) is 16.0. The summed E-state index contributed by atoms with van der Waals surface area (Å²) >= 11 is 9.45. The van der Waals surface area contributed by atoms with Crippen molar-refractivity contribution < 1.29 is 23.8 Å². The number of halogens is 2. The van der Waals surface area contributed by atoms with Crippen LogP contribution in [-0.2, 0) is 23.8 Å². The van der Waals surface area contributed by atoms with Crippen LogP contribution < -0.4 is 4.90 Å². The minimum Gasteiger partial charge on any atom is -0.357 e. The number of amides is 2. The number of ether oxygens (including phenoxy) is 3. The van der Waals surface area contributed by atoms with Crippen LogP contribution in [0, 0.1) is 11.8 Å². The molecule has 6 nitrogen and oxygen atoms in total.